The van der Waals surface area contributed by atoms with Gasteiger partial charge in [0.15, 0.2) is 5.82 Å². The third-order valence-corrected chi connectivity index (χ3v) is 5.02. The zero-order valence-electron chi connectivity index (χ0n) is 14.7. The van der Waals surface area contributed by atoms with Crippen LogP contribution in [0, 0.1) is 5.92 Å². The molecule has 3 atom stereocenters. The fourth-order valence-electron chi connectivity index (χ4n) is 3.60. The Bertz CT molecular complexity index is 548. The summed E-state index contributed by atoms with van der Waals surface area (Å²) < 4.78 is 13.6. The predicted molar refractivity (Wildman–Crippen MR) is 88.3 cm³/mol. The molecule has 0 radical (unpaired) electrons. The van der Waals surface area contributed by atoms with Gasteiger partial charge in [0.05, 0.1) is 19.3 Å². The molecule has 1 aromatic heterocycles. The molecular weight excluding hydrogens is 308 g/mol. The number of hydrogen-bond acceptors (Lipinski definition) is 5. The van der Waals surface area contributed by atoms with Gasteiger partial charge in [0, 0.05) is 13.1 Å². The average Bonchev–Trinajstić information content (AvgIpc) is 3.08. The number of carbonyl (C=O) groups excluding carboxylic acids is 1. The highest BCUT2D eigenvalue weighted by atomic mass is 16.5. The SMILES string of the molecule is CCn1cnnc1[C@@H]1CN(C(=O)CO[C@@H]2CCC[C@H](C)C2)CCO1. The van der Waals surface area contributed by atoms with E-state index >= 15 is 0 Å². The first-order valence-corrected chi connectivity index (χ1v) is 9.06. The number of morpholine rings is 1. The Morgan fingerprint density at radius 1 is 1.46 bits per heavy atom. The van der Waals surface area contributed by atoms with Crippen molar-refractivity contribution in [3.8, 4) is 0 Å². The van der Waals surface area contributed by atoms with Crippen LogP contribution in [0.2, 0.25) is 0 Å². The Balaban J connectivity index is 1.51. The third-order valence-electron chi connectivity index (χ3n) is 5.02. The minimum Gasteiger partial charge on any atom is -0.368 e. The van der Waals surface area contributed by atoms with Gasteiger partial charge >= 0.3 is 0 Å². The van der Waals surface area contributed by atoms with E-state index in [1.165, 1.54) is 12.8 Å². The second-order valence-electron chi connectivity index (χ2n) is 6.88. The fourth-order valence-corrected chi connectivity index (χ4v) is 3.60. The highest BCUT2D eigenvalue weighted by Gasteiger charge is 2.29. The summed E-state index contributed by atoms with van der Waals surface area (Å²) in [5.41, 5.74) is 0. The van der Waals surface area contributed by atoms with Gasteiger partial charge in [-0.3, -0.25) is 4.79 Å². The van der Waals surface area contributed by atoms with E-state index in [1.807, 2.05) is 16.4 Å². The first-order chi connectivity index (χ1) is 11.7. The Morgan fingerprint density at radius 2 is 2.33 bits per heavy atom. The van der Waals surface area contributed by atoms with Gasteiger partial charge in [-0.25, -0.2) is 0 Å². The van der Waals surface area contributed by atoms with Crippen LogP contribution in [-0.4, -0.2) is 58.0 Å². The van der Waals surface area contributed by atoms with Crippen molar-refractivity contribution in [2.75, 3.05) is 26.3 Å². The number of nitrogens with zero attached hydrogens (tertiary/aromatic N) is 4. The minimum absolute atomic E-state index is 0.0455. The summed E-state index contributed by atoms with van der Waals surface area (Å²) in [4.78, 5) is 14.3. The highest BCUT2D eigenvalue weighted by molar-refractivity contribution is 5.77. The molecule has 2 fully saturated rings. The monoisotopic (exact) mass is 336 g/mol. The number of aryl methyl sites for hydroxylation is 1. The van der Waals surface area contributed by atoms with Crippen LogP contribution in [0.15, 0.2) is 6.33 Å². The molecule has 134 valence electrons. The maximum Gasteiger partial charge on any atom is 0.248 e. The molecule has 1 saturated heterocycles. The van der Waals surface area contributed by atoms with Crippen molar-refractivity contribution in [3.63, 3.8) is 0 Å². The lowest BCUT2D eigenvalue weighted by Gasteiger charge is -2.33. The molecule has 0 aromatic carbocycles. The van der Waals surface area contributed by atoms with Gasteiger partial charge in [0.25, 0.3) is 0 Å². The molecule has 0 spiro atoms. The molecule has 3 rings (SSSR count). The van der Waals surface area contributed by atoms with E-state index in [2.05, 4.69) is 17.1 Å². The largest absolute Gasteiger partial charge is 0.368 e. The van der Waals surface area contributed by atoms with Crippen molar-refractivity contribution >= 4 is 5.91 Å². The summed E-state index contributed by atoms with van der Waals surface area (Å²) in [6.45, 7) is 6.91. The van der Waals surface area contributed by atoms with Gasteiger partial charge in [0.1, 0.15) is 19.0 Å². The van der Waals surface area contributed by atoms with Crippen LogP contribution < -0.4 is 0 Å². The van der Waals surface area contributed by atoms with E-state index in [4.69, 9.17) is 9.47 Å². The van der Waals surface area contributed by atoms with E-state index < -0.39 is 0 Å². The lowest BCUT2D eigenvalue weighted by Crippen LogP contribution is -2.45. The van der Waals surface area contributed by atoms with E-state index in [1.54, 1.807) is 6.33 Å². The Kier molecular flexibility index (Phi) is 5.84. The summed E-state index contributed by atoms with van der Waals surface area (Å²) >= 11 is 0. The maximum absolute atomic E-state index is 12.5. The normalized spacial score (nSPS) is 28.1. The summed E-state index contributed by atoms with van der Waals surface area (Å²) in [6, 6.07) is 0. The number of ether oxygens (including phenoxy) is 2. The molecule has 1 aliphatic carbocycles. The number of hydrogen-bond donors (Lipinski definition) is 0. The number of aromatic nitrogens is 3. The van der Waals surface area contributed by atoms with Crippen LogP contribution in [0.3, 0.4) is 0 Å². The summed E-state index contributed by atoms with van der Waals surface area (Å²) in [5.74, 6) is 1.54. The van der Waals surface area contributed by atoms with E-state index in [9.17, 15) is 4.79 Å². The highest BCUT2D eigenvalue weighted by Crippen LogP contribution is 2.26. The molecule has 0 unspecified atom stereocenters. The lowest BCUT2D eigenvalue weighted by atomic mass is 9.89. The first-order valence-electron chi connectivity index (χ1n) is 9.06. The average molecular weight is 336 g/mol. The Hall–Kier alpha value is -1.47. The number of carbonyl (C=O) groups is 1. The van der Waals surface area contributed by atoms with Gasteiger partial charge in [0.2, 0.25) is 5.91 Å². The Morgan fingerprint density at radius 3 is 3.12 bits per heavy atom. The van der Waals surface area contributed by atoms with Gasteiger partial charge in [-0.2, -0.15) is 0 Å². The Labute approximate surface area is 143 Å². The van der Waals surface area contributed by atoms with Crippen LogP contribution in [0.1, 0.15) is 51.5 Å². The second kappa shape index (κ2) is 8.07. The van der Waals surface area contributed by atoms with E-state index in [-0.39, 0.29) is 24.7 Å². The van der Waals surface area contributed by atoms with Crippen molar-refractivity contribution < 1.29 is 14.3 Å². The van der Waals surface area contributed by atoms with Crippen molar-refractivity contribution in [2.24, 2.45) is 5.92 Å². The van der Waals surface area contributed by atoms with Crippen molar-refractivity contribution in [2.45, 2.75) is 58.3 Å². The maximum atomic E-state index is 12.5. The molecule has 7 heteroatoms. The minimum atomic E-state index is -0.208. The summed E-state index contributed by atoms with van der Waals surface area (Å²) in [6.07, 6.45) is 6.34. The molecule has 0 N–H and O–H groups in total. The standard InChI is InChI=1S/C17H28N4O3/c1-3-20-12-18-19-17(20)15-10-21(7-8-23-15)16(22)11-24-14-6-4-5-13(2)9-14/h12-15H,3-11H2,1-2H3/t13-,14+,15-/m0/s1. The molecule has 1 aliphatic heterocycles. The topological polar surface area (TPSA) is 69.5 Å². The van der Waals surface area contributed by atoms with Crippen LogP contribution in [0.5, 0.6) is 0 Å². The van der Waals surface area contributed by atoms with Gasteiger partial charge in [-0.15, -0.1) is 10.2 Å². The number of amides is 1. The molecular formula is C17H28N4O3. The molecule has 1 amide bonds. The van der Waals surface area contributed by atoms with Crippen LogP contribution in [0.4, 0.5) is 0 Å². The third kappa shape index (κ3) is 4.13. The van der Waals surface area contributed by atoms with Crippen molar-refractivity contribution in [1.82, 2.24) is 19.7 Å². The summed E-state index contributed by atoms with van der Waals surface area (Å²) in [7, 11) is 0. The molecule has 2 aliphatic rings. The van der Waals surface area contributed by atoms with Crippen LogP contribution in [-0.2, 0) is 20.8 Å². The molecule has 0 bridgehead atoms. The zero-order chi connectivity index (χ0) is 16.9. The molecule has 7 nitrogen and oxygen atoms in total. The molecule has 1 aromatic rings. The lowest BCUT2D eigenvalue weighted by molar-refractivity contribution is -0.147. The van der Waals surface area contributed by atoms with E-state index in [0.717, 1.165) is 25.2 Å². The first kappa shape index (κ1) is 17.4. The molecule has 24 heavy (non-hydrogen) atoms. The van der Waals surface area contributed by atoms with Crippen molar-refractivity contribution in [3.05, 3.63) is 12.2 Å². The van der Waals surface area contributed by atoms with Gasteiger partial charge in [-0.05, 0) is 25.7 Å². The van der Waals surface area contributed by atoms with Gasteiger partial charge in [-0.1, -0.05) is 19.8 Å². The fraction of sp³-hybridized carbons (Fsp3) is 0.824. The zero-order valence-corrected chi connectivity index (χ0v) is 14.7. The quantitative estimate of drug-likeness (QED) is 0.820. The van der Waals surface area contributed by atoms with Crippen molar-refractivity contribution in [1.29, 1.82) is 0 Å². The summed E-state index contributed by atoms with van der Waals surface area (Å²) in [5, 5.41) is 8.10. The predicted octanol–water partition coefficient (Wildman–Crippen LogP) is 1.79. The molecule has 1 saturated carbocycles. The van der Waals surface area contributed by atoms with Crippen LogP contribution in [0.25, 0.3) is 0 Å². The van der Waals surface area contributed by atoms with Crippen LogP contribution >= 0.6 is 0 Å². The number of rotatable bonds is 5. The molecule has 2 heterocycles. The van der Waals surface area contributed by atoms with E-state index in [0.29, 0.717) is 25.6 Å². The smallest absolute Gasteiger partial charge is 0.248 e. The second-order valence-corrected chi connectivity index (χ2v) is 6.88. The van der Waals surface area contributed by atoms with Gasteiger partial charge < -0.3 is 18.9 Å².